The fraction of sp³-hybridized carbons (Fsp3) is 0.769. The van der Waals surface area contributed by atoms with Crippen molar-refractivity contribution in [3.05, 3.63) is 5.82 Å². The number of hydrogen-bond donors (Lipinski definition) is 2. The van der Waals surface area contributed by atoms with Gasteiger partial charge in [-0.25, -0.2) is 0 Å². The molecule has 1 aliphatic carbocycles. The summed E-state index contributed by atoms with van der Waals surface area (Å²) in [6.45, 7) is 4.56. The van der Waals surface area contributed by atoms with Gasteiger partial charge in [0.1, 0.15) is 5.82 Å². The molecule has 0 spiro atoms. The minimum Gasteiger partial charge on any atom is -0.353 e. The number of carbonyl (C=O) groups is 1. The average molecular weight is 297 g/mol. The molecule has 1 amide bonds. The third kappa shape index (κ3) is 3.73. The maximum Gasteiger partial charge on any atom is 0.230 e. The molecule has 7 heteroatoms. The lowest BCUT2D eigenvalue weighted by Gasteiger charge is -2.14. The Kier molecular flexibility index (Phi) is 5.42. The van der Waals surface area contributed by atoms with Crippen molar-refractivity contribution in [2.45, 2.75) is 63.3 Å². The van der Waals surface area contributed by atoms with Crippen LogP contribution in [0.3, 0.4) is 0 Å². The summed E-state index contributed by atoms with van der Waals surface area (Å²) in [6, 6.07) is 0.747. The Hall–Kier alpha value is -1.08. The molecule has 0 radical (unpaired) electrons. The van der Waals surface area contributed by atoms with Gasteiger partial charge in [0, 0.05) is 12.1 Å². The van der Waals surface area contributed by atoms with Crippen LogP contribution in [-0.2, 0) is 11.3 Å². The first-order valence-corrected chi connectivity index (χ1v) is 8.24. The second-order valence-corrected chi connectivity index (χ2v) is 6.02. The molecule has 0 bridgehead atoms. The molecule has 2 rings (SSSR count). The summed E-state index contributed by atoms with van der Waals surface area (Å²) in [5.41, 5.74) is 5.68. The molecule has 1 heterocycles. The molecule has 0 atom stereocenters. The summed E-state index contributed by atoms with van der Waals surface area (Å²) in [6.07, 6.45) is 4.22. The SMILES string of the molecule is CCC(CC)NC(=O)CSc1nnc(CN)n1C1CC1. The van der Waals surface area contributed by atoms with Crippen molar-refractivity contribution in [2.75, 3.05) is 5.75 Å². The van der Waals surface area contributed by atoms with Gasteiger partial charge in [-0.3, -0.25) is 4.79 Å². The molecule has 1 aromatic rings. The van der Waals surface area contributed by atoms with E-state index in [0.717, 1.165) is 36.7 Å². The molecule has 1 saturated carbocycles. The smallest absolute Gasteiger partial charge is 0.230 e. The number of thioether (sulfide) groups is 1. The number of carbonyl (C=O) groups excluding carboxylic acids is 1. The van der Waals surface area contributed by atoms with Crippen LogP contribution in [0.2, 0.25) is 0 Å². The van der Waals surface area contributed by atoms with Gasteiger partial charge in [-0.2, -0.15) is 0 Å². The molecule has 1 aliphatic rings. The highest BCUT2D eigenvalue weighted by molar-refractivity contribution is 7.99. The zero-order valence-corrected chi connectivity index (χ0v) is 12.9. The standard InChI is InChI=1S/C13H23N5OS/c1-3-9(4-2)15-12(19)8-20-13-17-16-11(7-14)18(13)10-5-6-10/h9-10H,3-8,14H2,1-2H3,(H,15,19). The van der Waals surface area contributed by atoms with E-state index in [1.165, 1.54) is 11.8 Å². The Morgan fingerprint density at radius 3 is 2.70 bits per heavy atom. The first-order valence-electron chi connectivity index (χ1n) is 7.25. The van der Waals surface area contributed by atoms with Gasteiger partial charge < -0.3 is 15.6 Å². The van der Waals surface area contributed by atoms with Gasteiger partial charge in [0.2, 0.25) is 5.91 Å². The van der Waals surface area contributed by atoms with E-state index in [0.29, 0.717) is 18.3 Å². The van der Waals surface area contributed by atoms with Crippen molar-refractivity contribution in [2.24, 2.45) is 5.73 Å². The summed E-state index contributed by atoms with van der Waals surface area (Å²) in [5.74, 6) is 1.25. The Balaban J connectivity index is 1.90. The summed E-state index contributed by atoms with van der Waals surface area (Å²) in [7, 11) is 0. The molecule has 0 saturated heterocycles. The van der Waals surface area contributed by atoms with E-state index < -0.39 is 0 Å². The predicted octanol–water partition coefficient (Wildman–Crippen LogP) is 1.47. The summed E-state index contributed by atoms with van der Waals surface area (Å²) in [4.78, 5) is 11.9. The molecule has 3 N–H and O–H groups in total. The van der Waals surface area contributed by atoms with Crippen LogP contribution in [0.25, 0.3) is 0 Å². The molecule has 112 valence electrons. The second kappa shape index (κ2) is 7.08. The number of amides is 1. The van der Waals surface area contributed by atoms with Gasteiger partial charge in [0.25, 0.3) is 0 Å². The van der Waals surface area contributed by atoms with Gasteiger partial charge in [-0.1, -0.05) is 25.6 Å². The van der Waals surface area contributed by atoms with Gasteiger partial charge in [-0.15, -0.1) is 10.2 Å². The molecule has 0 unspecified atom stereocenters. The number of hydrogen-bond acceptors (Lipinski definition) is 5. The fourth-order valence-corrected chi connectivity index (χ4v) is 2.97. The molecule has 0 aliphatic heterocycles. The zero-order chi connectivity index (χ0) is 14.5. The number of nitrogens with one attached hydrogen (secondary N) is 1. The molecule has 6 nitrogen and oxygen atoms in total. The third-order valence-electron chi connectivity index (χ3n) is 3.51. The van der Waals surface area contributed by atoms with Crippen LogP contribution in [0.5, 0.6) is 0 Å². The van der Waals surface area contributed by atoms with Crippen molar-refractivity contribution in [3.8, 4) is 0 Å². The largest absolute Gasteiger partial charge is 0.353 e. The number of nitrogens with two attached hydrogens (primary N) is 1. The van der Waals surface area contributed by atoms with Crippen molar-refractivity contribution in [1.29, 1.82) is 0 Å². The molecule has 20 heavy (non-hydrogen) atoms. The van der Waals surface area contributed by atoms with Crippen molar-refractivity contribution < 1.29 is 4.79 Å². The van der Waals surface area contributed by atoms with E-state index in [1.807, 2.05) is 0 Å². The highest BCUT2D eigenvalue weighted by Crippen LogP contribution is 2.38. The minimum absolute atomic E-state index is 0.0587. The Morgan fingerprint density at radius 1 is 1.45 bits per heavy atom. The first kappa shape index (κ1) is 15.3. The van der Waals surface area contributed by atoms with E-state index in [4.69, 9.17) is 5.73 Å². The van der Waals surface area contributed by atoms with E-state index in [9.17, 15) is 4.79 Å². The lowest BCUT2D eigenvalue weighted by molar-refractivity contribution is -0.119. The van der Waals surface area contributed by atoms with E-state index >= 15 is 0 Å². The lowest BCUT2D eigenvalue weighted by Crippen LogP contribution is -2.35. The Bertz CT molecular complexity index is 454. The first-order chi connectivity index (χ1) is 9.69. The van der Waals surface area contributed by atoms with Gasteiger partial charge >= 0.3 is 0 Å². The maximum absolute atomic E-state index is 11.9. The van der Waals surface area contributed by atoms with Gasteiger partial charge in [-0.05, 0) is 25.7 Å². The van der Waals surface area contributed by atoms with Gasteiger partial charge in [0.15, 0.2) is 5.16 Å². The highest BCUT2D eigenvalue weighted by atomic mass is 32.2. The van der Waals surface area contributed by atoms with Crippen molar-refractivity contribution >= 4 is 17.7 Å². The van der Waals surface area contributed by atoms with Crippen molar-refractivity contribution in [3.63, 3.8) is 0 Å². The summed E-state index contributed by atoms with van der Waals surface area (Å²) < 4.78 is 2.09. The van der Waals surface area contributed by atoms with Crippen LogP contribution in [0.4, 0.5) is 0 Å². The third-order valence-corrected chi connectivity index (χ3v) is 4.46. The molecular formula is C13H23N5OS. The summed E-state index contributed by atoms with van der Waals surface area (Å²) >= 11 is 1.44. The normalized spacial score (nSPS) is 14.8. The zero-order valence-electron chi connectivity index (χ0n) is 12.1. The maximum atomic E-state index is 11.9. The quantitative estimate of drug-likeness (QED) is 0.710. The lowest BCUT2D eigenvalue weighted by atomic mass is 10.2. The fourth-order valence-electron chi connectivity index (χ4n) is 2.14. The number of aromatic nitrogens is 3. The molecule has 1 aromatic heterocycles. The van der Waals surface area contributed by atoms with Crippen LogP contribution >= 0.6 is 11.8 Å². The second-order valence-electron chi connectivity index (χ2n) is 5.07. The summed E-state index contributed by atoms with van der Waals surface area (Å²) in [5, 5.41) is 12.1. The van der Waals surface area contributed by atoms with Crippen LogP contribution in [0.1, 0.15) is 51.4 Å². The predicted molar refractivity (Wildman–Crippen MR) is 79.4 cm³/mol. The Morgan fingerprint density at radius 2 is 2.15 bits per heavy atom. The van der Waals surface area contributed by atoms with E-state index in [2.05, 4.69) is 33.9 Å². The molecule has 0 aromatic carbocycles. The molecule has 1 fully saturated rings. The van der Waals surface area contributed by atoms with Crippen LogP contribution in [0, 0.1) is 0 Å². The monoisotopic (exact) mass is 297 g/mol. The van der Waals surface area contributed by atoms with E-state index in [-0.39, 0.29) is 11.9 Å². The van der Waals surface area contributed by atoms with Crippen LogP contribution < -0.4 is 11.1 Å². The number of nitrogens with zero attached hydrogens (tertiary/aromatic N) is 3. The number of rotatable bonds is 8. The topological polar surface area (TPSA) is 85.8 Å². The van der Waals surface area contributed by atoms with Crippen LogP contribution in [0.15, 0.2) is 5.16 Å². The highest BCUT2D eigenvalue weighted by Gasteiger charge is 2.29. The average Bonchev–Trinajstić information content (AvgIpc) is 3.22. The van der Waals surface area contributed by atoms with Crippen LogP contribution in [-0.4, -0.2) is 32.5 Å². The Labute approximate surface area is 123 Å². The van der Waals surface area contributed by atoms with Crippen molar-refractivity contribution in [1.82, 2.24) is 20.1 Å². The van der Waals surface area contributed by atoms with E-state index in [1.54, 1.807) is 0 Å². The van der Waals surface area contributed by atoms with Gasteiger partial charge in [0.05, 0.1) is 12.3 Å². The minimum atomic E-state index is 0.0587. The molecular weight excluding hydrogens is 274 g/mol.